The summed E-state index contributed by atoms with van der Waals surface area (Å²) >= 11 is 5.80. The molecule has 0 N–H and O–H groups in total. The number of rotatable bonds is 5. The molecule has 1 saturated heterocycles. The lowest BCUT2D eigenvalue weighted by Gasteiger charge is -2.20. The van der Waals surface area contributed by atoms with Gasteiger partial charge in [-0.05, 0) is 50.1 Å². The molecule has 1 atom stereocenters. The molecule has 22 heavy (non-hydrogen) atoms. The summed E-state index contributed by atoms with van der Waals surface area (Å²) in [6.45, 7) is 2.40. The second-order valence-electron chi connectivity index (χ2n) is 5.82. The summed E-state index contributed by atoms with van der Waals surface area (Å²) in [6.07, 6.45) is 5.36. The van der Waals surface area contributed by atoms with Gasteiger partial charge in [-0.1, -0.05) is 17.7 Å². The Labute approximate surface area is 136 Å². The van der Waals surface area contributed by atoms with Crippen molar-refractivity contribution in [3.63, 3.8) is 0 Å². The first kappa shape index (κ1) is 15.5. The van der Waals surface area contributed by atoms with Crippen LogP contribution in [-0.2, 0) is 17.8 Å². The van der Waals surface area contributed by atoms with Gasteiger partial charge in [-0.15, -0.1) is 0 Å². The van der Waals surface area contributed by atoms with Gasteiger partial charge in [0.15, 0.2) is 0 Å². The van der Waals surface area contributed by atoms with Crippen molar-refractivity contribution in [2.24, 2.45) is 0 Å². The lowest BCUT2D eigenvalue weighted by molar-refractivity contribution is 0.000907. The Morgan fingerprint density at radius 2 is 2.14 bits per heavy atom. The van der Waals surface area contributed by atoms with Gasteiger partial charge in [-0.3, -0.25) is 4.90 Å². The van der Waals surface area contributed by atoms with Crippen molar-refractivity contribution >= 4 is 11.6 Å². The highest BCUT2D eigenvalue weighted by Crippen LogP contribution is 2.29. The molecule has 1 fully saturated rings. The monoisotopic (exact) mass is 320 g/mol. The number of ether oxygens (including phenoxy) is 1. The first-order valence-corrected chi connectivity index (χ1v) is 8.08. The molecule has 1 aliphatic heterocycles. The number of pyridine rings is 1. The highest BCUT2D eigenvalue weighted by Gasteiger charge is 2.19. The fraction of sp³-hybridized carbons (Fsp3) is 0.471. The smallest absolute Gasteiger partial charge is 0.133 e. The molecule has 0 bridgehead atoms. The summed E-state index contributed by atoms with van der Waals surface area (Å²) < 4.78 is 11.7. The Hall–Kier alpha value is -1.36. The Balaban J connectivity index is 1.56. The van der Waals surface area contributed by atoms with Crippen molar-refractivity contribution in [3.05, 3.63) is 52.7 Å². The van der Waals surface area contributed by atoms with Gasteiger partial charge in [-0.25, -0.2) is 4.98 Å². The van der Waals surface area contributed by atoms with Crippen molar-refractivity contribution < 1.29 is 9.15 Å². The lowest BCUT2D eigenvalue weighted by atomic mass is 10.1. The van der Waals surface area contributed by atoms with E-state index in [9.17, 15) is 0 Å². The molecular formula is C17H21ClN2O2. The Morgan fingerprint density at radius 1 is 1.23 bits per heavy atom. The van der Waals surface area contributed by atoms with Crippen molar-refractivity contribution in [2.45, 2.75) is 38.5 Å². The average molecular weight is 321 g/mol. The van der Waals surface area contributed by atoms with E-state index in [2.05, 4.69) is 16.9 Å². The summed E-state index contributed by atoms with van der Waals surface area (Å²) in [5, 5.41) is 0.523. The molecule has 118 valence electrons. The maximum atomic E-state index is 5.95. The van der Waals surface area contributed by atoms with Gasteiger partial charge in [0.05, 0.1) is 6.54 Å². The molecule has 0 saturated carbocycles. The van der Waals surface area contributed by atoms with Crippen LogP contribution in [0, 0.1) is 0 Å². The van der Waals surface area contributed by atoms with Gasteiger partial charge in [0.25, 0.3) is 0 Å². The van der Waals surface area contributed by atoms with Gasteiger partial charge in [0, 0.05) is 19.3 Å². The first-order valence-electron chi connectivity index (χ1n) is 7.70. The van der Waals surface area contributed by atoms with Crippen LogP contribution in [-0.4, -0.2) is 23.5 Å². The van der Waals surface area contributed by atoms with Crippen LogP contribution >= 0.6 is 11.6 Å². The van der Waals surface area contributed by atoms with Crippen LogP contribution in [0.15, 0.2) is 34.9 Å². The van der Waals surface area contributed by atoms with Gasteiger partial charge in [0.1, 0.15) is 22.8 Å². The Bertz CT molecular complexity index is 591. The second-order valence-corrected chi connectivity index (χ2v) is 6.21. The number of aromatic nitrogens is 1. The third-order valence-corrected chi connectivity index (χ3v) is 4.07. The third kappa shape index (κ3) is 4.09. The van der Waals surface area contributed by atoms with Crippen molar-refractivity contribution in [2.75, 3.05) is 13.7 Å². The van der Waals surface area contributed by atoms with E-state index in [0.717, 1.165) is 49.6 Å². The van der Waals surface area contributed by atoms with Crippen LogP contribution in [0.25, 0.3) is 0 Å². The number of furan rings is 1. The third-order valence-electron chi connectivity index (χ3n) is 3.85. The van der Waals surface area contributed by atoms with Crippen LogP contribution in [0.2, 0.25) is 5.15 Å². The topological polar surface area (TPSA) is 38.5 Å². The predicted molar refractivity (Wildman–Crippen MR) is 85.7 cm³/mol. The van der Waals surface area contributed by atoms with E-state index in [1.54, 1.807) is 0 Å². The number of nitrogens with zero attached hydrogens (tertiary/aromatic N) is 2. The van der Waals surface area contributed by atoms with Gasteiger partial charge >= 0.3 is 0 Å². The Kier molecular flexibility index (Phi) is 5.13. The zero-order valence-corrected chi connectivity index (χ0v) is 13.6. The van der Waals surface area contributed by atoms with E-state index in [4.69, 9.17) is 20.8 Å². The molecule has 0 radical (unpaired) electrons. The van der Waals surface area contributed by atoms with Crippen LogP contribution in [0.3, 0.4) is 0 Å². The number of hydrogen-bond donors (Lipinski definition) is 0. The minimum absolute atomic E-state index is 0.133. The molecule has 5 heteroatoms. The summed E-state index contributed by atoms with van der Waals surface area (Å²) in [5.74, 6) is 1.92. The average Bonchev–Trinajstić information content (AvgIpc) is 2.99. The largest absolute Gasteiger partial charge is 0.462 e. The van der Waals surface area contributed by atoms with Crippen LogP contribution in [0.4, 0.5) is 0 Å². The molecule has 3 heterocycles. The minimum Gasteiger partial charge on any atom is -0.462 e. The van der Waals surface area contributed by atoms with Crippen LogP contribution in [0.1, 0.15) is 42.5 Å². The molecule has 2 aromatic heterocycles. The second kappa shape index (κ2) is 7.27. The van der Waals surface area contributed by atoms with Gasteiger partial charge in [-0.2, -0.15) is 0 Å². The van der Waals surface area contributed by atoms with Crippen LogP contribution in [0.5, 0.6) is 0 Å². The molecule has 4 nitrogen and oxygen atoms in total. The van der Waals surface area contributed by atoms with Gasteiger partial charge in [0.2, 0.25) is 0 Å². The summed E-state index contributed by atoms with van der Waals surface area (Å²) in [5.41, 5.74) is 1.13. The predicted octanol–water partition coefficient (Wildman–Crippen LogP) is 4.20. The molecule has 0 aliphatic carbocycles. The fourth-order valence-corrected chi connectivity index (χ4v) is 2.86. The molecule has 0 aromatic carbocycles. The Morgan fingerprint density at radius 3 is 2.86 bits per heavy atom. The quantitative estimate of drug-likeness (QED) is 0.774. The highest BCUT2D eigenvalue weighted by atomic mass is 35.5. The summed E-state index contributed by atoms with van der Waals surface area (Å²) in [7, 11) is 2.06. The van der Waals surface area contributed by atoms with Crippen LogP contribution < -0.4 is 0 Å². The molecule has 0 spiro atoms. The summed E-state index contributed by atoms with van der Waals surface area (Å²) in [6, 6.07) is 7.90. The molecule has 0 amide bonds. The molecular weight excluding hydrogens is 300 g/mol. The molecule has 3 rings (SSSR count). The maximum absolute atomic E-state index is 5.95. The standard InChI is InChI=1S/C17H21ClN2O2/c1-20(11-13-5-8-17(18)19-10-13)12-14-6-7-16(22-14)15-4-2-3-9-21-15/h5-8,10,15H,2-4,9,11-12H2,1H3/t15-/m1/s1. The van der Waals surface area contributed by atoms with Crippen molar-refractivity contribution in [3.8, 4) is 0 Å². The minimum atomic E-state index is 0.133. The van der Waals surface area contributed by atoms with E-state index >= 15 is 0 Å². The van der Waals surface area contributed by atoms with E-state index < -0.39 is 0 Å². The van der Waals surface area contributed by atoms with Crippen molar-refractivity contribution in [1.29, 1.82) is 0 Å². The van der Waals surface area contributed by atoms with E-state index in [-0.39, 0.29) is 6.10 Å². The maximum Gasteiger partial charge on any atom is 0.133 e. The molecule has 2 aromatic rings. The van der Waals surface area contributed by atoms with E-state index in [1.165, 1.54) is 6.42 Å². The fourth-order valence-electron chi connectivity index (χ4n) is 2.75. The number of hydrogen-bond acceptors (Lipinski definition) is 4. The molecule has 0 unspecified atom stereocenters. The zero-order chi connectivity index (χ0) is 15.4. The summed E-state index contributed by atoms with van der Waals surface area (Å²) in [4.78, 5) is 6.29. The number of halogens is 1. The highest BCUT2D eigenvalue weighted by molar-refractivity contribution is 6.29. The van der Waals surface area contributed by atoms with E-state index in [0.29, 0.717) is 5.15 Å². The molecule has 1 aliphatic rings. The lowest BCUT2D eigenvalue weighted by Crippen LogP contribution is -2.17. The zero-order valence-electron chi connectivity index (χ0n) is 12.8. The normalized spacial score (nSPS) is 18.8. The van der Waals surface area contributed by atoms with Gasteiger partial charge < -0.3 is 9.15 Å². The SMILES string of the molecule is CN(Cc1ccc(Cl)nc1)Cc1ccc([C@H]2CCCCO2)o1. The van der Waals surface area contributed by atoms with E-state index in [1.807, 2.05) is 30.5 Å². The van der Waals surface area contributed by atoms with Crippen molar-refractivity contribution in [1.82, 2.24) is 9.88 Å². The first-order chi connectivity index (χ1) is 10.7.